The second-order valence-electron chi connectivity index (χ2n) is 9.21. The molecular formula is C26H20F8N6O2S2. The minimum absolute atomic E-state index is 0.104. The number of nitrogens with one attached hydrogen (secondary N) is 2. The number of halogens is 8. The molecule has 0 radical (unpaired) electrons. The van der Waals surface area contributed by atoms with Crippen molar-refractivity contribution in [2.45, 2.75) is 50.9 Å². The Morgan fingerprint density at radius 2 is 1.02 bits per heavy atom. The van der Waals surface area contributed by atoms with Gasteiger partial charge >= 0.3 is 12.4 Å². The van der Waals surface area contributed by atoms with Crippen molar-refractivity contribution < 1.29 is 44.7 Å². The maximum absolute atomic E-state index is 14.2. The summed E-state index contributed by atoms with van der Waals surface area (Å²) in [6.07, 6.45) is -8.85. The van der Waals surface area contributed by atoms with Crippen molar-refractivity contribution in [1.29, 1.82) is 0 Å². The molecule has 2 N–H and O–H groups in total. The molecule has 0 bridgehead atoms. The monoisotopic (exact) mass is 664 g/mol. The zero-order valence-electron chi connectivity index (χ0n) is 22.2. The molecule has 18 heteroatoms. The van der Waals surface area contributed by atoms with E-state index in [0.717, 1.165) is 46.9 Å². The van der Waals surface area contributed by atoms with Crippen LogP contribution in [0.5, 0.6) is 0 Å². The van der Waals surface area contributed by atoms with E-state index >= 15 is 0 Å². The minimum atomic E-state index is -4.89. The maximum atomic E-state index is 14.2. The van der Waals surface area contributed by atoms with Crippen LogP contribution in [0, 0.1) is 11.6 Å². The number of rotatable bonds is 11. The number of hydrogen-bond donors (Lipinski definition) is 2. The summed E-state index contributed by atoms with van der Waals surface area (Å²) < 4.78 is 106. The van der Waals surface area contributed by atoms with Crippen molar-refractivity contribution >= 4 is 44.8 Å². The lowest BCUT2D eigenvalue weighted by Crippen LogP contribution is -2.17. The van der Waals surface area contributed by atoms with Crippen LogP contribution in [0.2, 0.25) is 0 Å². The SMILES string of the molecule is O=C(Cc1cccc(C(F)(F)F)c1F)Nc1nnc(CCCCc2nnc(NC(=O)Cc3cccc(C(F)(F)F)c3F)s2)s1. The number of carbonyl (C=O) groups excluding carboxylic acids is 2. The van der Waals surface area contributed by atoms with Crippen LogP contribution in [-0.2, 0) is 47.6 Å². The third-order valence-corrected chi connectivity index (χ3v) is 7.72. The molecule has 0 aliphatic rings. The predicted octanol–water partition coefficient (Wildman–Crippen LogP) is 6.63. The highest BCUT2D eigenvalue weighted by Gasteiger charge is 2.36. The molecule has 0 saturated heterocycles. The predicted molar refractivity (Wildman–Crippen MR) is 144 cm³/mol. The van der Waals surface area contributed by atoms with Gasteiger partial charge in [0.15, 0.2) is 0 Å². The molecule has 44 heavy (non-hydrogen) atoms. The number of alkyl halides is 6. The molecule has 2 amide bonds. The summed E-state index contributed by atoms with van der Waals surface area (Å²) in [5.41, 5.74) is -3.74. The maximum Gasteiger partial charge on any atom is 0.419 e. The Bertz CT molecular complexity index is 1520. The van der Waals surface area contributed by atoms with E-state index in [1.807, 2.05) is 0 Å². The summed E-state index contributed by atoms with van der Waals surface area (Å²) >= 11 is 2.11. The highest BCUT2D eigenvalue weighted by molar-refractivity contribution is 7.15. The minimum Gasteiger partial charge on any atom is -0.300 e. The first kappa shape index (κ1) is 32.8. The van der Waals surface area contributed by atoms with Gasteiger partial charge in [-0.15, -0.1) is 20.4 Å². The normalized spacial score (nSPS) is 11.9. The van der Waals surface area contributed by atoms with E-state index in [1.165, 1.54) is 0 Å². The number of amides is 2. The first-order chi connectivity index (χ1) is 20.7. The van der Waals surface area contributed by atoms with Crippen LogP contribution in [-0.4, -0.2) is 32.2 Å². The Morgan fingerprint density at radius 3 is 1.39 bits per heavy atom. The quantitative estimate of drug-likeness (QED) is 0.138. The molecule has 4 aromatic rings. The fourth-order valence-electron chi connectivity index (χ4n) is 3.91. The van der Waals surface area contributed by atoms with Crippen LogP contribution in [0.4, 0.5) is 45.4 Å². The molecule has 0 spiro atoms. The lowest BCUT2D eigenvalue weighted by atomic mass is 10.1. The molecule has 234 valence electrons. The van der Waals surface area contributed by atoms with Crippen LogP contribution in [0.15, 0.2) is 36.4 Å². The van der Waals surface area contributed by atoms with E-state index in [4.69, 9.17) is 0 Å². The lowest BCUT2D eigenvalue weighted by Gasteiger charge is -2.10. The zero-order chi connectivity index (χ0) is 32.1. The van der Waals surface area contributed by atoms with E-state index in [9.17, 15) is 44.7 Å². The van der Waals surface area contributed by atoms with E-state index in [1.54, 1.807) is 0 Å². The molecule has 2 heterocycles. The second kappa shape index (κ2) is 13.7. The van der Waals surface area contributed by atoms with Crippen molar-refractivity contribution in [3.05, 3.63) is 80.3 Å². The first-order valence-electron chi connectivity index (χ1n) is 12.6. The zero-order valence-corrected chi connectivity index (χ0v) is 23.8. The Hall–Kier alpha value is -4.06. The summed E-state index contributed by atoms with van der Waals surface area (Å²) in [4.78, 5) is 24.5. The summed E-state index contributed by atoms with van der Waals surface area (Å²) in [7, 11) is 0. The number of unbranched alkanes of at least 4 members (excludes halogenated alkanes) is 1. The molecule has 0 aliphatic heterocycles. The number of aryl methyl sites for hydroxylation is 2. The van der Waals surface area contributed by atoms with Gasteiger partial charge in [0.25, 0.3) is 0 Å². The molecule has 2 aromatic heterocycles. The van der Waals surface area contributed by atoms with Crippen LogP contribution in [0.25, 0.3) is 0 Å². The Morgan fingerprint density at radius 1 is 0.636 bits per heavy atom. The van der Waals surface area contributed by atoms with Gasteiger partial charge < -0.3 is 10.6 Å². The van der Waals surface area contributed by atoms with Gasteiger partial charge in [-0.2, -0.15) is 26.3 Å². The smallest absolute Gasteiger partial charge is 0.300 e. The Labute approximate surface area is 251 Å². The average Bonchev–Trinajstić information content (AvgIpc) is 3.56. The molecule has 0 aliphatic carbocycles. The molecule has 2 aromatic carbocycles. The van der Waals surface area contributed by atoms with Crippen LogP contribution in [0.1, 0.15) is 45.1 Å². The number of hydrogen-bond acceptors (Lipinski definition) is 8. The summed E-state index contributed by atoms with van der Waals surface area (Å²) in [5.74, 6) is -4.54. The largest absolute Gasteiger partial charge is 0.419 e. The number of aromatic nitrogens is 4. The van der Waals surface area contributed by atoms with Gasteiger partial charge in [0.1, 0.15) is 21.6 Å². The van der Waals surface area contributed by atoms with Gasteiger partial charge in [-0.25, -0.2) is 8.78 Å². The van der Waals surface area contributed by atoms with Crippen molar-refractivity contribution in [2.24, 2.45) is 0 Å². The summed E-state index contributed by atoms with van der Waals surface area (Å²) in [5, 5.41) is 21.7. The molecule has 8 nitrogen and oxygen atoms in total. The van der Waals surface area contributed by atoms with E-state index in [-0.39, 0.29) is 10.3 Å². The van der Waals surface area contributed by atoms with Gasteiger partial charge in [-0.3, -0.25) is 9.59 Å². The number of benzene rings is 2. The number of nitrogens with zero attached hydrogens (tertiary/aromatic N) is 4. The van der Waals surface area contributed by atoms with Gasteiger partial charge in [0, 0.05) is 12.8 Å². The molecule has 0 unspecified atom stereocenters. The van der Waals surface area contributed by atoms with Crippen molar-refractivity contribution in [1.82, 2.24) is 20.4 Å². The molecular weight excluding hydrogens is 644 g/mol. The number of anilines is 2. The van der Waals surface area contributed by atoms with Gasteiger partial charge in [-0.1, -0.05) is 46.9 Å². The van der Waals surface area contributed by atoms with Crippen LogP contribution < -0.4 is 10.6 Å². The topological polar surface area (TPSA) is 110 Å². The fourth-order valence-corrected chi connectivity index (χ4v) is 5.50. The first-order valence-corrected chi connectivity index (χ1v) is 14.3. The van der Waals surface area contributed by atoms with Crippen molar-refractivity contribution in [2.75, 3.05) is 10.6 Å². The Balaban J connectivity index is 1.20. The fraction of sp³-hybridized carbons (Fsp3) is 0.308. The average molecular weight is 665 g/mol. The summed E-state index contributed by atoms with van der Waals surface area (Å²) in [6.45, 7) is 0. The molecule has 0 saturated carbocycles. The standard InChI is InChI=1S/C26H20F8N6O2S2/c27-21-13(5-3-7-15(21)25(29,30)31)11-17(41)35-23-39-37-19(43-23)9-1-2-10-20-38-40-24(44-20)36-18(42)12-14-6-4-8-16(22(14)28)26(32,33)34/h3-8H,1-2,9-12H2,(H,35,39,41)(H,36,40,42). The van der Waals surface area contributed by atoms with Crippen molar-refractivity contribution in [3.63, 3.8) is 0 Å². The molecule has 4 rings (SSSR count). The molecule has 0 atom stereocenters. The lowest BCUT2D eigenvalue weighted by molar-refractivity contribution is -0.141. The third kappa shape index (κ3) is 8.75. The highest BCUT2D eigenvalue weighted by Crippen LogP contribution is 2.33. The van der Waals surface area contributed by atoms with E-state index in [0.29, 0.717) is 47.8 Å². The van der Waals surface area contributed by atoms with Gasteiger partial charge in [0.05, 0.1) is 24.0 Å². The van der Waals surface area contributed by atoms with Gasteiger partial charge in [0.2, 0.25) is 22.1 Å². The van der Waals surface area contributed by atoms with Crippen molar-refractivity contribution in [3.8, 4) is 0 Å². The van der Waals surface area contributed by atoms with Gasteiger partial charge in [-0.05, 0) is 36.1 Å². The Kier molecular flexibility index (Phi) is 10.2. The number of carbonyl (C=O) groups is 2. The van der Waals surface area contributed by atoms with Crippen LogP contribution >= 0.6 is 22.7 Å². The van der Waals surface area contributed by atoms with E-state index < -0.39 is 70.9 Å². The highest BCUT2D eigenvalue weighted by atomic mass is 32.1. The van der Waals surface area contributed by atoms with E-state index in [2.05, 4.69) is 31.0 Å². The van der Waals surface area contributed by atoms with Crippen LogP contribution in [0.3, 0.4) is 0 Å². The molecule has 0 fully saturated rings. The summed E-state index contributed by atoms with van der Waals surface area (Å²) in [6, 6.07) is 5.39. The third-order valence-electron chi connectivity index (χ3n) is 5.93. The second-order valence-corrected chi connectivity index (χ2v) is 11.3.